The third-order valence-electron chi connectivity index (χ3n) is 5.35. The molecule has 0 aliphatic carbocycles. The van der Waals surface area contributed by atoms with Gasteiger partial charge in [0.25, 0.3) is 0 Å². The van der Waals surface area contributed by atoms with Crippen LogP contribution in [-0.2, 0) is 10.3 Å². The molecule has 0 saturated carbocycles. The van der Waals surface area contributed by atoms with E-state index in [1.165, 1.54) is 0 Å². The van der Waals surface area contributed by atoms with Crippen molar-refractivity contribution >= 4 is 22.9 Å². The van der Waals surface area contributed by atoms with Crippen molar-refractivity contribution in [2.24, 2.45) is 0 Å². The van der Waals surface area contributed by atoms with Crippen molar-refractivity contribution in [3.8, 4) is 5.75 Å². The molecule has 4 aromatic rings. The number of aromatic amines is 1. The van der Waals surface area contributed by atoms with Gasteiger partial charge in [0.05, 0.1) is 7.11 Å². The Morgan fingerprint density at radius 3 is 2.46 bits per heavy atom. The molecule has 1 atom stereocenters. The number of hydrogen-bond acceptors (Lipinski definition) is 3. The zero-order valence-electron chi connectivity index (χ0n) is 15.9. The number of aldehydes is 1. The van der Waals surface area contributed by atoms with Crippen molar-refractivity contribution < 1.29 is 9.53 Å². The zero-order chi connectivity index (χ0) is 19.6. The van der Waals surface area contributed by atoms with E-state index in [9.17, 15) is 4.79 Å². The van der Waals surface area contributed by atoms with Crippen LogP contribution in [-0.4, -0.2) is 25.4 Å². The molecule has 1 unspecified atom stereocenters. The van der Waals surface area contributed by atoms with E-state index in [1.807, 2.05) is 97.0 Å². The highest BCUT2D eigenvalue weighted by Crippen LogP contribution is 2.40. The van der Waals surface area contributed by atoms with Gasteiger partial charge in [0.2, 0.25) is 0 Å². The number of carbonyl (C=O) groups excluding carboxylic acids is 1. The zero-order valence-corrected chi connectivity index (χ0v) is 15.9. The van der Waals surface area contributed by atoms with Gasteiger partial charge in [-0.15, -0.1) is 0 Å². The van der Waals surface area contributed by atoms with Crippen LogP contribution in [0.3, 0.4) is 0 Å². The van der Waals surface area contributed by atoms with Gasteiger partial charge < -0.3 is 14.6 Å². The number of benzene rings is 3. The molecule has 4 rings (SSSR count). The molecule has 0 amide bonds. The average Bonchev–Trinajstić information content (AvgIpc) is 3.20. The number of likely N-dealkylation sites (N-methyl/N-ethyl adjacent to an activating group) is 1. The van der Waals surface area contributed by atoms with Gasteiger partial charge in [-0.2, -0.15) is 0 Å². The minimum absolute atomic E-state index is 0.746. The molecule has 1 aromatic heterocycles. The molecule has 0 aliphatic rings. The molecule has 28 heavy (non-hydrogen) atoms. The summed E-state index contributed by atoms with van der Waals surface area (Å²) in [5.74, 6) is 0.746. The summed E-state index contributed by atoms with van der Waals surface area (Å²) < 4.78 is 5.40. The fourth-order valence-electron chi connectivity index (χ4n) is 3.84. The summed E-state index contributed by atoms with van der Waals surface area (Å²) in [6, 6.07) is 25.7. The third-order valence-corrected chi connectivity index (χ3v) is 5.35. The van der Waals surface area contributed by atoms with Gasteiger partial charge in [-0.05, 0) is 23.8 Å². The maximum atomic E-state index is 12.9. The Balaban J connectivity index is 2.00. The van der Waals surface area contributed by atoms with Gasteiger partial charge in [-0.3, -0.25) is 4.79 Å². The number of carbonyl (C=O) groups is 1. The van der Waals surface area contributed by atoms with E-state index in [0.29, 0.717) is 0 Å². The molecule has 0 fully saturated rings. The number of fused-ring (bicyclic) bond motifs is 1. The molecule has 140 valence electrons. The van der Waals surface area contributed by atoms with Crippen LogP contribution in [0.1, 0.15) is 11.1 Å². The van der Waals surface area contributed by atoms with E-state index in [0.717, 1.165) is 39.8 Å². The lowest BCUT2D eigenvalue weighted by Gasteiger charge is -2.39. The SMILES string of the molecule is COc1cccc(N(C)C(C=O)(c2ccccc2)c2c[nH]c3ccccc23)c1. The lowest BCUT2D eigenvalue weighted by molar-refractivity contribution is -0.111. The molecule has 1 heterocycles. The van der Waals surface area contributed by atoms with Crippen LogP contribution in [0.25, 0.3) is 10.9 Å². The van der Waals surface area contributed by atoms with Crippen LogP contribution in [0.5, 0.6) is 5.75 Å². The van der Waals surface area contributed by atoms with E-state index in [1.54, 1.807) is 7.11 Å². The molecule has 0 saturated heterocycles. The highest BCUT2D eigenvalue weighted by atomic mass is 16.5. The van der Waals surface area contributed by atoms with E-state index < -0.39 is 5.54 Å². The first kappa shape index (κ1) is 17.9. The van der Waals surface area contributed by atoms with Crippen LogP contribution in [0.2, 0.25) is 0 Å². The van der Waals surface area contributed by atoms with Gasteiger partial charge in [-0.1, -0.05) is 54.6 Å². The second-order valence-electron chi connectivity index (χ2n) is 6.76. The van der Waals surface area contributed by atoms with Crippen LogP contribution in [0.15, 0.2) is 85.1 Å². The fraction of sp³-hybridized carbons (Fsp3) is 0.125. The molecule has 0 spiro atoms. The van der Waals surface area contributed by atoms with Gasteiger partial charge in [0.15, 0.2) is 6.29 Å². The van der Waals surface area contributed by atoms with Gasteiger partial charge in [0.1, 0.15) is 11.3 Å². The normalized spacial score (nSPS) is 13.1. The van der Waals surface area contributed by atoms with Crippen molar-refractivity contribution in [1.82, 2.24) is 4.98 Å². The standard InChI is InChI=1S/C24H22N2O2/c1-26(19-11-8-12-20(15-19)28-2)24(17-27,18-9-4-3-5-10-18)22-16-25-23-14-7-6-13-21(22)23/h3-17,25H,1-2H3. The topological polar surface area (TPSA) is 45.3 Å². The Kier molecular flexibility index (Phi) is 4.62. The second kappa shape index (κ2) is 7.24. The monoisotopic (exact) mass is 370 g/mol. The van der Waals surface area contributed by atoms with Crippen molar-refractivity contribution in [2.75, 3.05) is 19.1 Å². The third kappa shape index (κ3) is 2.74. The number of nitrogens with one attached hydrogen (secondary N) is 1. The summed E-state index contributed by atoms with van der Waals surface area (Å²) in [6.45, 7) is 0. The highest BCUT2D eigenvalue weighted by Gasteiger charge is 2.40. The summed E-state index contributed by atoms with van der Waals surface area (Å²) in [5, 5.41) is 1.02. The maximum absolute atomic E-state index is 12.9. The van der Waals surface area contributed by atoms with Crippen molar-refractivity contribution in [1.29, 1.82) is 0 Å². The van der Waals surface area contributed by atoms with Gasteiger partial charge in [-0.25, -0.2) is 0 Å². The predicted molar refractivity (Wildman–Crippen MR) is 113 cm³/mol. The number of para-hydroxylation sites is 1. The largest absolute Gasteiger partial charge is 0.497 e. The number of methoxy groups -OCH3 is 1. The molecule has 1 N–H and O–H groups in total. The number of H-pyrrole nitrogens is 1. The number of nitrogens with zero attached hydrogens (tertiary/aromatic N) is 1. The first-order chi connectivity index (χ1) is 13.7. The summed E-state index contributed by atoms with van der Waals surface area (Å²) >= 11 is 0. The van der Waals surface area contributed by atoms with Crippen LogP contribution in [0.4, 0.5) is 5.69 Å². The summed E-state index contributed by atoms with van der Waals surface area (Å²) in [7, 11) is 3.58. The summed E-state index contributed by atoms with van der Waals surface area (Å²) in [5.41, 5.74) is 2.71. The predicted octanol–water partition coefficient (Wildman–Crippen LogP) is 4.76. The van der Waals surface area contributed by atoms with E-state index in [4.69, 9.17) is 4.74 Å². The minimum atomic E-state index is -0.993. The molecular formula is C24H22N2O2. The quantitative estimate of drug-likeness (QED) is 0.498. The number of rotatable bonds is 6. The highest BCUT2D eigenvalue weighted by molar-refractivity contribution is 5.92. The number of hydrogen-bond donors (Lipinski definition) is 1. The molecule has 3 aromatic carbocycles. The Hall–Kier alpha value is -3.53. The summed E-state index contributed by atoms with van der Waals surface area (Å²) in [6.07, 6.45) is 2.96. The number of aromatic nitrogens is 1. The molecule has 0 aliphatic heterocycles. The Bertz CT molecular complexity index is 1100. The summed E-state index contributed by atoms with van der Waals surface area (Å²) in [4.78, 5) is 18.2. The van der Waals surface area contributed by atoms with E-state index in [-0.39, 0.29) is 0 Å². The molecule has 4 nitrogen and oxygen atoms in total. The molecule has 0 radical (unpaired) electrons. The Labute approximate surface area is 164 Å². The Morgan fingerprint density at radius 2 is 1.71 bits per heavy atom. The first-order valence-corrected chi connectivity index (χ1v) is 9.17. The first-order valence-electron chi connectivity index (χ1n) is 9.17. The fourth-order valence-corrected chi connectivity index (χ4v) is 3.84. The molecular weight excluding hydrogens is 348 g/mol. The lowest BCUT2D eigenvalue weighted by Crippen LogP contribution is -2.46. The van der Waals surface area contributed by atoms with Gasteiger partial charge >= 0.3 is 0 Å². The van der Waals surface area contributed by atoms with Crippen LogP contribution >= 0.6 is 0 Å². The maximum Gasteiger partial charge on any atom is 0.154 e. The smallest absolute Gasteiger partial charge is 0.154 e. The average molecular weight is 370 g/mol. The second-order valence-corrected chi connectivity index (χ2v) is 6.76. The van der Waals surface area contributed by atoms with E-state index in [2.05, 4.69) is 4.98 Å². The number of anilines is 1. The Morgan fingerprint density at radius 1 is 0.964 bits per heavy atom. The van der Waals surface area contributed by atoms with Crippen molar-refractivity contribution in [2.45, 2.75) is 5.54 Å². The van der Waals surface area contributed by atoms with Crippen LogP contribution in [0, 0.1) is 0 Å². The van der Waals surface area contributed by atoms with E-state index >= 15 is 0 Å². The van der Waals surface area contributed by atoms with Crippen LogP contribution < -0.4 is 9.64 Å². The minimum Gasteiger partial charge on any atom is -0.497 e. The lowest BCUT2D eigenvalue weighted by atomic mass is 9.82. The van der Waals surface area contributed by atoms with Gasteiger partial charge in [0, 0.05) is 41.5 Å². The van der Waals surface area contributed by atoms with Crippen molar-refractivity contribution in [3.63, 3.8) is 0 Å². The molecule has 0 bridgehead atoms. The van der Waals surface area contributed by atoms with Crippen molar-refractivity contribution in [3.05, 3.63) is 96.2 Å². The molecule has 4 heteroatoms. The number of ether oxygens (including phenoxy) is 1.